The van der Waals surface area contributed by atoms with Gasteiger partial charge in [0, 0.05) is 0 Å². The first-order valence-corrected chi connectivity index (χ1v) is 4.22. The van der Waals surface area contributed by atoms with Crippen LogP contribution in [0.1, 0.15) is 26.3 Å². The lowest BCUT2D eigenvalue weighted by atomic mass is 9.87. The molecule has 0 fully saturated rings. The maximum atomic E-state index is 13.2. The van der Waals surface area contributed by atoms with Gasteiger partial charge >= 0.3 is 0 Å². The lowest BCUT2D eigenvalue weighted by Gasteiger charge is -2.19. The van der Waals surface area contributed by atoms with Crippen LogP contribution in [0.15, 0.2) is 18.2 Å². The van der Waals surface area contributed by atoms with Crippen molar-refractivity contribution in [2.75, 3.05) is 5.43 Å². The summed E-state index contributed by atoms with van der Waals surface area (Å²) in [5, 5.41) is 0. The molecule has 80 valence electrons. The fourth-order valence-electron chi connectivity index (χ4n) is 1.10. The van der Waals surface area contributed by atoms with E-state index in [0.717, 1.165) is 5.56 Å². The van der Waals surface area contributed by atoms with E-state index in [1.165, 1.54) is 6.07 Å². The standard InChI is InChI=1S/C10H15FN2.ClH/c1-10(2,3)7-4-5-9(13-12)8(11)6-7;/h4-6,13H,12H2,1-3H3;1H. The Morgan fingerprint density at radius 2 is 1.86 bits per heavy atom. The van der Waals surface area contributed by atoms with Gasteiger partial charge in [0.15, 0.2) is 0 Å². The summed E-state index contributed by atoms with van der Waals surface area (Å²) in [5.41, 5.74) is 3.55. The van der Waals surface area contributed by atoms with Gasteiger partial charge in [-0.2, -0.15) is 0 Å². The van der Waals surface area contributed by atoms with Crippen molar-refractivity contribution >= 4 is 18.1 Å². The van der Waals surface area contributed by atoms with Crippen LogP contribution in [0.5, 0.6) is 0 Å². The molecule has 0 bridgehead atoms. The zero-order chi connectivity index (χ0) is 10.1. The average Bonchev–Trinajstić information content (AvgIpc) is 2.02. The molecular formula is C10H16ClFN2. The lowest BCUT2D eigenvalue weighted by Crippen LogP contribution is -2.13. The van der Waals surface area contributed by atoms with Gasteiger partial charge in [0.05, 0.1) is 5.69 Å². The number of anilines is 1. The van der Waals surface area contributed by atoms with Gasteiger partial charge in [-0.1, -0.05) is 26.8 Å². The van der Waals surface area contributed by atoms with E-state index in [0.29, 0.717) is 5.69 Å². The predicted octanol–water partition coefficient (Wildman–Crippen LogP) is 2.83. The van der Waals surface area contributed by atoms with Crippen LogP contribution in [-0.4, -0.2) is 0 Å². The molecule has 14 heavy (non-hydrogen) atoms. The topological polar surface area (TPSA) is 38.0 Å². The maximum Gasteiger partial charge on any atom is 0.147 e. The van der Waals surface area contributed by atoms with Crippen LogP contribution >= 0.6 is 12.4 Å². The van der Waals surface area contributed by atoms with Gasteiger partial charge < -0.3 is 5.43 Å². The second-order valence-electron chi connectivity index (χ2n) is 4.09. The summed E-state index contributed by atoms with van der Waals surface area (Å²) >= 11 is 0. The zero-order valence-electron chi connectivity index (χ0n) is 8.60. The number of hydrogen-bond donors (Lipinski definition) is 2. The number of halogens is 2. The molecule has 0 spiro atoms. The molecule has 0 unspecified atom stereocenters. The normalized spacial score (nSPS) is 10.6. The molecule has 2 nitrogen and oxygen atoms in total. The Hall–Kier alpha value is -0.800. The number of nitrogens with two attached hydrogens (primary N) is 1. The van der Waals surface area contributed by atoms with Crippen molar-refractivity contribution in [2.45, 2.75) is 26.2 Å². The van der Waals surface area contributed by atoms with Gasteiger partial charge in [-0.05, 0) is 23.1 Å². The molecule has 1 rings (SSSR count). The van der Waals surface area contributed by atoms with Gasteiger partial charge in [0.25, 0.3) is 0 Å². The Morgan fingerprint density at radius 3 is 2.21 bits per heavy atom. The van der Waals surface area contributed by atoms with E-state index < -0.39 is 0 Å². The van der Waals surface area contributed by atoms with Crippen molar-refractivity contribution in [3.63, 3.8) is 0 Å². The Morgan fingerprint density at radius 1 is 1.29 bits per heavy atom. The monoisotopic (exact) mass is 218 g/mol. The molecule has 3 N–H and O–H groups in total. The van der Waals surface area contributed by atoms with Crippen LogP contribution in [-0.2, 0) is 5.41 Å². The van der Waals surface area contributed by atoms with E-state index in [2.05, 4.69) is 5.43 Å². The fraction of sp³-hybridized carbons (Fsp3) is 0.400. The summed E-state index contributed by atoms with van der Waals surface area (Å²) in [4.78, 5) is 0. The van der Waals surface area contributed by atoms with Crippen molar-refractivity contribution in [1.82, 2.24) is 0 Å². The summed E-state index contributed by atoms with van der Waals surface area (Å²) < 4.78 is 13.2. The van der Waals surface area contributed by atoms with Crippen LogP contribution in [0, 0.1) is 5.82 Å². The third-order valence-electron chi connectivity index (χ3n) is 1.99. The molecule has 0 aliphatic rings. The van der Waals surface area contributed by atoms with E-state index in [9.17, 15) is 4.39 Å². The summed E-state index contributed by atoms with van der Waals surface area (Å²) in [5.74, 6) is 4.81. The number of hydrogen-bond acceptors (Lipinski definition) is 2. The first-order valence-electron chi connectivity index (χ1n) is 4.22. The molecule has 0 saturated carbocycles. The summed E-state index contributed by atoms with van der Waals surface area (Å²) in [7, 11) is 0. The molecule has 0 amide bonds. The molecule has 0 aliphatic heterocycles. The van der Waals surface area contributed by atoms with Crippen molar-refractivity contribution in [2.24, 2.45) is 5.84 Å². The first-order chi connectivity index (χ1) is 5.95. The van der Waals surface area contributed by atoms with Crippen molar-refractivity contribution in [1.29, 1.82) is 0 Å². The van der Waals surface area contributed by atoms with Gasteiger partial charge in [0.2, 0.25) is 0 Å². The van der Waals surface area contributed by atoms with Gasteiger partial charge in [-0.25, -0.2) is 4.39 Å². The molecule has 1 aromatic carbocycles. The Bertz CT molecular complexity index is 307. The maximum absolute atomic E-state index is 13.2. The minimum Gasteiger partial charge on any atom is -0.321 e. The van der Waals surface area contributed by atoms with Crippen LogP contribution in [0.25, 0.3) is 0 Å². The predicted molar refractivity (Wildman–Crippen MR) is 60.2 cm³/mol. The zero-order valence-corrected chi connectivity index (χ0v) is 9.41. The summed E-state index contributed by atoms with van der Waals surface area (Å²) in [6.07, 6.45) is 0. The number of nitrogens with one attached hydrogen (secondary N) is 1. The SMILES string of the molecule is CC(C)(C)c1ccc(NN)c(F)c1.Cl. The fourth-order valence-corrected chi connectivity index (χ4v) is 1.10. The number of hydrazine groups is 1. The lowest BCUT2D eigenvalue weighted by molar-refractivity contribution is 0.573. The minimum absolute atomic E-state index is 0. The van der Waals surface area contributed by atoms with Gasteiger partial charge in [-0.15, -0.1) is 12.4 Å². The van der Waals surface area contributed by atoms with E-state index in [-0.39, 0.29) is 23.6 Å². The largest absolute Gasteiger partial charge is 0.321 e. The highest BCUT2D eigenvalue weighted by atomic mass is 35.5. The Balaban J connectivity index is 0.00000169. The molecule has 4 heteroatoms. The highest BCUT2D eigenvalue weighted by Crippen LogP contribution is 2.25. The van der Waals surface area contributed by atoms with Gasteiger partial charge in [-0.3, -0.25) is 5.84 Å². The number of rotatable bonds is 1. The third-order valence-corrected chi connectivity index (χ3v) is 1.99. The third kappa shape index (κ3) is 2.86. The summed E-state index contributed by atoms with van der Waals surface area (Å²) in [6.45, 7) is 6.12. The summed E-state index contributed by atoms with van der Waals surface area (Å²) in [6, 6.07) is 5.03. The average molecular weight is 219 g/mol. The molecule has 1 aromatic rings. The van der Waals surface area contributed by atoms with Crippen molar-refractivity contribution < 1.29 is 4.39 Å². The number of nitrogen functional groups attached to an aromatic ring is 1. The minimum atomic E-state index is -0.310. The molecule has 0 aromatic heterocycles. The second-order valence-corrected chi connectivity index (χ2v) is 4.09. The highest BCUT2D eigenvalue weighted by Gasteiger charge is 2.15. The Labute approximate surface area is 90.1 Å². The number of benzene rings is 1. The van der Waals surface area contributed by atoms with Crippen LogP contribution in [0.2, 0.25) is 0 Å². The van der Waals surface area contributed by atoms with Crippen molar-refractivity contribution in [3.05, 3.63) is 29.6 Å². The van der Waals surface area contributed by atoms with Crippen LogP contribution in [0.4, 0.5) is 10.1 Å². The smallest absolute Gasteiger partial charge is 0.147 e. The molecule has 0 atom stereocenters. The van der Waals surface area contributed by atoms with E-state index in [1.807, 2.05) is 26.8 Å². The van der Waals surface area contributed by atoms with Crippen molar-refractivity contribution in [3.8, 4) is 0 Å². The van der Waals surface area contributed by atoms with Gasteiger partial charge in [0.1, 0.15) is 5.82 Å². The van der Waals surface area contributed by atoms with Crippen LogP contribution in [0.3, 0.4) is 0 Å². The molecule has 0 aliphatic carbocycles. The first kappa shape index (κ1) is 13.2. The Kier molecular flexibility index (Phi) is 4.36. The molecule has 0 heterocycles. The molecule has 0 saturated heterocycles. The van der Waals surface area contributed by atoms with Crippen LogP contribution < -0.4 is 11.3 Å². The van der Waals surface area contributed by atoms with E-state index in [1.54, 1.807) is 6.07 Å². The second kappa shape index (κ2) is 4.62. The van der Waals surface area contributed by atoms with E-state index >= 15 is 0 Å². The quantitative estimate of drug-likeness (QED) is 0.562. The highest BCUT2D eigenvalue weighted by molar-refractivity contribution is 5.85. The molecular weight excluding hydrogens is 203 g/mol. The molecule has 0 radical (unpaired) electrons. The van der Waals surface area contributed by atoms with E-state index in [4.69, 9.17) is 5.84 Å².